The number of nitrogens with zero attached hydrogens (tertiary/aromatic N) is 2. The van der Waals surface area contributed by atoms with Crippen LogP contribution in [-0.4, -0.2) is 36.9 Å². The van der Waals surface area contributed by atoms with Crippen LogP contribution in [0.5, 0.6) is 0 Å². The highest BCUT2D eigenvalue weighted by molar-refractivity contribution is 5.88. The topological polar surface area (TPSA) is 56.7 Å². The summed E-state index contributed by atoms with van der Waals surface area (Å²) in [5, 5.41) is 6.24. The minimum Gasteiger partial charge on any atom is -0.352 e. The van der Waals surface area contributed by atoms with Gasteiger partial charge >= 0.3 is 0 Å². The first-order valence-corrected chi connectivity index (χ1v) is 9.22. The standard InChI is InChI=1S/C22H26N4O/c1-17(27)25-21-10-6-7-18(15-21)16-24-22(23-2)26-13-11-20(12-14-26)19-8-4-3-5-9-19/h3-11,15H,12-14,16H2,1-2H3,(H,23,24)(H,25,27). The first-order chi connectivity index (χ1) is 13.2. The molecule has 1 heterocycles. The number of carbonyl (C=O) groups is 1. The Labute approximate surface area is 160 Å². The van der Waals surface area contributed by atoms with Crippen LogP contribution in [-0.2, 0) is 11.3 Å². The van der Waals surface area contributed by atoms with Crippen LogP contribution < -0.4 is 10.6 Å². The van der Waals surface area contributed by atoms with Crippen molar-refractivity contribution in [3.63, 3.8) is 0 Å². The van der Waals surface area contributed by atoms with E-state index in [1.165, 1.54) is 18.1 Å². The Bertz CT molecular complexity index is 842. The van der Waals surface area contributed by atoms with Crippen LogP contribution in [0.3, 0.4) is 0 Å². The number of carbonyl (C=O) groups excluding carboxylic acids is 1. The Morgan fingerprint density at radius 1 is 1.15 bits per heavy atom. The summed E-state index contributed by atoms with van der Waals surface area (Å²) in [6.07, 6.45) is 3.28. The molecule has 140 valence electrons. The third-order valence-electron chi connectivity index (χ3n) is 4.56. The number of rotatable bonds is 4. The molecule has 0 spiro atoms. The molecule has 0 atom stereocenters. The van der Waals surface area contributed by atoms with Crippen LogP contribution in [0.15, 0.2) is 65.7 Å². The second kappa shape index (κ2) is 9.03. The van der Waals surface area contributed by atoms with E-state index in [1.54, 1.807) is 0 Å². The first kappa shape index (κ1) is 18.7. The summed E-state index contributed by atoms with van der Waals surface area (Å²) in [4.78, 5) is 17.9. The maximum Gasteiger partial charge on any atom is 0.221 e. The zero-order chi connectivity index (χ0) is 19.1. The molecule has 2 aromatic carbocycles. The number of guanidine groups is 1. The summed E-state index contributed by atoms with van der Waals surface area (Å²) in [5.74, 6) is 0.827. The first-order valence-electron chi connectivity index (χ1n) is 9.22. The van der Waals surface area contributed by atoms with Gasteiger partial charge in [-0.2, -0.15) is 0 Å². The van der Waals surface area contributed by atoms with E-state index in [1.807, 2.05) is 37.4 Å². The summed E-state index contributed by atoms with van der Waals surface area (Å²) >= 11 is 0. The third kappa shape index (κ3) is 5.20. The van der Waals surface area contributed by atoms with Crippen LogP contribution in [0.2, 0.25) is 0 Å². The molecule has 1 aliphatic heterocycles. The molecule has 0 fully saturated rings. The molecule has 0 bridgehead atoms. The van der Waals surface area contributed by atoms with Gasteiger partial charge < -0.3 is 15.5 Å². The summed E-state index contributed by atoms with van der Waals surface area (Å²) < 4.78 is 0. The van der Waals surface area contributed by atoms with Gasteiger partial charge in [0.1, 0.15) is 0 Å². The number of benzene rings is 2. The van der Waals surface area contributed by atoms with Crippen molar-refractivity contribution in [3.05, 3.63) is 71.8 Å². The number of hydrogen-bond acceptors (Lipinski definition) is 2. The van der Waals surface area contributed by atoms with Crippen LogP contribution in [0.25, 0.3) is 5.57 Å². The van der Waals surface area contributed by atoms with E-state index in [9.17, 15) is 4.79 Å². The summed E-state index contributed by atoms with van der Waals surface area (Å²) in [6.45, 7) is 3.95. The van der Waals surface area contributed by atoms with Crippen molar-refractivity contribution < 1.29 is 4.79 Å². The Kier molecular flexibility index (Phi) is 6.26. The van der Waals surface area contributed by atoms with Crippen molar-refractivity contribution in [2.75, 3.05) is 25.5 Å². The molecule has 0 saturated heterocycles. The van der Waals surface area contributed by atoms with Crippen molar-refractivity contribution in [2.45, 2.75) is 19.9 Å². The van der Waals surface area contributed by atoms with Crippen molar-refractivity contribution in [1.82, 2.24) is 10.2 Å². The van der Waals surface area contributed by atoms with E-state index < -0.39 is 0 Å². The van der Waals surface area contributed by atoms with Crippen LogP contribution in [0.4, 0.5) is 5.69 Å². The molecule has 1 aliphatic rings. The van der Waals surface area contributed by atoms with Gasteiger partial charge in [-0.15, -0.1) is 0 Å². The van der Waals surface area contributed by atoms with E-state index in [2.05, 4.69) is 50.9 Å². The summed E-state index contributed by atoms with van der Waals surface area (Å²) in [6, 6.07) is 18.4. The molecule has 2 N–H and O–H groups in total. The SMILES string of the molecule is CN=C(NCc1cccc(NC(C)=O)c1)N1CC=C(c2ccccc2)CC1. The average Bonchev–Trinajstić information content (AvgIpc) is 2.69. The number of aliphatic imine (C=N–C) groups is 1. The lowest BCUT2D eigenvalue weighted by molar-refractivity contribution is -0.114. The quantitative estimate of drug-likeness (QED) is 0.646. The molecule has 3 rings (SSSR count). The van der Waals surface area contributed by atoms with Crippen LogP contribution >= 0.6 is 0 Å². The predicted octanol–water partition coefficient (Wildman–Crippen LogP) is 3.51. The molecule has 5 nitrogen and oxygen atoms in total. The Morgan fingerprint density at radius 3 is 2.63 bits per heavy atom. The van der Waals surface area contributed by atoms with Gasteiger partial charge in [0.25, 0.3) is 0 Å². The Hall–Kier alpha value is -3.08. The van der Waals surface area contributed by atoms with Crippen molar-refractivity contribution in [2.24, 2.45) is 4.99 Å². The molecule has 0 aliphatic carbocycles. The second-order valence-corrected chi connectivity index (χ2v) is 6.57. The number of nitrogens with one attached hydrogen (secondary N) is 2. The smallest absolute Gasteiger partial charge is 0.221 e. The van der Waals surface area contributed by atoms with Gasteiger partial charge in [0.2, 0.25) is 5.91 Å². The van der Waals surface area contributed by atoms with E-state index in [0.717, 1.165) is 36.7 Å². The van der Waals surface area contributed by atoms with E-state index in [-0.39, 0.29) is 5.91 Å². The van der Waals surface area contributed by atoms with Crippen LogP contribution in [0.1, 0.15) is 24.5 Å². The number of anilines is 1. The van der Waals surface area contributed by atoms with E-state index in [4.69, 9.17) is 0 Å². The van der Waals surface area contributed by atoms with Crippen LogP contribution in [0, 0.1) is 0 Å². The predicted molar refractivity (Wildman–Crippen MR) is 112 cm³/mol. The molecule has 0 radical (unpaired) electrons. The fourth-order valence-electron chi connectivity index (χ4n) is 3.25. The van der Waals surface area contributed by atoms with E-state index in [0.29, 0.717) is 6.54 Å². The minimum atomic E-state index is -0.0646. The minimum absolute atomic E-state index is 0.0646. The monoisotopic (exact) mass is 362 g/mol. The third-order valence-corrected chi connectivity index (χ3v) is 4.56. The van der Waals surface area contributed by atoms with E-state index >= 15 is 0 Å². The van der Waals surface area contributed by atoms with Gasteiger partial charge in [0.05, 0.1) is 0 Å². The molecule has 0 unspecified atom stereocenters. The molecule has 27 heavy (non-hydrogen) atoms. The molecule has 0 saturated carbocycles. The maximum atomic E-state index is 11.2. The van der Waals surface area contributed by atoms with Gasteiger partial charge in [0.15, 0.2) is 5.96 Å². The summed E-state index contributed by atoms with van der Waals surface area (Å²) in [5.41, 5.74) is 4.60. The fraction of sp³-hybridized carbons (Fsp3) is 0.273. The molecule has 0 aromatic heterocycles. The highest BCUT2D eigenvalue weighted by Crippen LogP contribution is 2.22. The van der Waals surface area contributed by atoms with Gasteiger partial charge in [-0.3, -0.25) is 9.79 Å². The highest BCUT2D eigenvalue weighted by atomic mass is 16.1. The summed E-state index contributed by atoms with van der Waals surface area (Å²) in [7, 11) is 1.81. The van der Waals surface area contributed by atoms with Gasteiger partial charge in [-0.05, 0) is 35.3 Å². The maximum absolute atomic E-state index is 11.2. The molecule has 2 aromatic rings. The molecular weight excluding hydrogens is 336 g/mol. The van der Waals surface area contributed by atoms with Gasteiger partial charge in [-0.1, -0.05) is 48.5 Å². The van der Waals surface area contributed by atoms with Crippen molar-refractivity contribution >= 4 is 23.1 Å². The lowest BCUT2D eigenvalue weighted by Crippen LogP contribution is -2.43. The second-order valence-electron chi connectivity index (χ2n) is 6.57. The molecule has 5 heteroatoms. The molecular formula is C22H26N4O. The largest absolute Gasteiger partial charge is 0.352 e. The highest BCUT2D eigenvalue weighted by Gasteiger charge is 2.16. The Morgan fingerprint density at radius 2 is 1.96 bits per heavy atom. The van der Waals surface area contributed by atoms with Crippen molar-refractivity contribution in [1.29, 1.82) is 0 Å². The zero-order valence-corrected chi connectivity index (χ0v) is 15.9. The number of amides is 1. The normalized spacial score (nSPS) is 14.5. The lowest BCUT2D eigenvalue weighted by atomic mass is 10.00. The number of hydrogen-bond donors (Lipinski definition) is 2. The lowest BCUT2D eigenvalue weighted by Gasteiger charge is -2.30. The van der Waals surface area contributed by atoms with Crippen molar-refractivity contribution in [3.8, 4) is 0 Å². The average molecular weight is 362 g/mol. The van der Waals surface area contributed by atoms with Gasteiger partial charge in [0, 0.05) is 39.3 Å². The Balaban J connectivity index is 1.59. The van der Waals surface area contributed by atoms with Gasteiger partial charge in [-0.25, -0.2) is 0 Å². The fourth-order valence-corrected chi connectivity index (χ4v) is 3.25. The molecule has 1 amide bonds. The zero-order valence-electron chi connectivity index (χ0n) is 15.9.